The number of aromatic nitrogens is 2. The number of nitrogens with two attached hydrogens (primary N) is 1. The molecule has 1 aliphatic rings. The third-order valence-electron chi connectivity index (χ3n) is 2.85. The molecule has 0 radical (unpaired) electrons. The van der Waals surface area contributed by atoms with E-state index >= 15 is 0 Å². The third kappa shape index (κ3) is 1.31. The smallest absolute Gasteiger partial charge is 0.151 e. The normalized spacial score (nSPS) is 14.1. The van der Waals surface area contributed by atoms with E-state index in [1.54, 1.807) is 0 Å². The van der Waals surface area contributed by atoms with Gasteiger partial charge in [0.1, 0.15) is 0 Å². The van der Waals surface area contributed by atoms with Gasteiger partial charge in [-0.05, 0) is 24.6 Å². The predicted octanol–water partition coefficient (Wildman–Crippen LogP) is 1.79. The first kappa shape index (κ1) is 9.42. The number of anilines is 1. The van der Waals surface area contributed by atoms with Crippen molar-refractivity contribution in [1.29, 1.82) is 0 Å². The molecule has 82 valence electrons. The zero-order chi connectivity index (χ0) is 11.1. The average molecular weight is 215 g/mol. The first-order chi connectivity index (χ1) is 7.75. The van der Waals surface area contributed by atoms with Gasteiger partial charge < -0.3 is 10.5 Å². The topological polar surface area (TPSA) is 53.1 Å². The number of benzene rings is 1. The van der Waals surface area contributed by atoms with Crippen LogP contribution in [0.25, 0.3) is 5.69 Å². The van der Waals surface area contributed by atoms with Gasteiger partial charge in [-0.15, -0.1) is 5.10 Å². The minimum atomic E-state index is 0.576. The molecule has 1 aliphatic heterocycles. The molecule has 1 aromatic carbocycles. The van der Waals surface area contributed by atoms with E-state index in [4.69, 9.17) is 10.5 Å². The number of hydrogen-bond acceptors (Lipinski definition) is 3. The van der Waals surface area contributed by atoms with Crippen LogP contribution in [0.3, 0.4) is 0 Å². The Hall–Kier alpha value is -1.81. The van der Waals surface area contributed by atoms with Crippen molar-refractivity contribution in [3.05, 3.63) is 41.1 Å². The highest BCUT2D eigenvalue weighted by molar-refractivity contribution is 5.48. The Morgan fingerprint density at radius 2 is 2.25 bits per heavy atom. The van der Waals surface area contributed by atoms with Gasteiger partial charge in [-0.3, -0.25) is 0 Å². The fourth-order valence-corrected chi connectivity index (χ4v) is 2.03. The molecule has 0 saturated carbocycles. The molecule has 2 heterocycles. The van der Waals surface area contributed by atoms with Gasteiger partial charge in [0.25, 0.3) is 0 Å². The number of ether oxygens (including phenoxy) is 1. The second-order valence-electron chi connectivity index (χ2n) is 4.05. The van der Waals surface area contributed by atoms with Crippen molar-refractivity contribution in [3.63, 3.8) is 0 Å². The van der Waals surface area contributed by atoms with Gasteiger partial charge in [0.15, 0.2) is 5.82 Å². The molecule has 0 aliphatic carbocycles. The fraction of sp³-hybridized carbons (Fsp3) is 0.250. The molecule has 4 nitrogen and oxygen atoms in total. The summed E-state index contributed by atoms with van der Waals surface area (Å²) < 4.78 is 7.27. The van der Waals surface area contributed by atoms with Crippen molar-refractivity contribution in [2.24, 2.45) is 0 Å². The SMILES string of the molecule is Cc1cccc(-n2nc(N)c3c2COC3)c1. The van der Waals surface area contributed by atoms with Crippen LogP contribution in [0.4, 0.5) is 5.82 Å². The number of nitrogens with zero attached hydrogens (tertiary/aromatic N) is 2. The molecular formula is C12H13N3O. The van der Waals surface area contributed by atoms with Gasteiger partial charge in [-0.25, -0.2) is 4.68 Å². The van der Waals surface area contributed by atoms with Crippen molar-refractivity contribution in [2.75, 3.05) is 5.73 Å². The third-order valence-corrected chi connectivity index (χ3v) is 2.85. The lowest BCUT2D eigenvalue weighted by molar-refractivity contribution is 0.131. The van der Waals surface area contributed by atoms with Crippen molar-refractivity contribution < 1.29 is 4.74 Å². The predicted molar refractivity (Wildman–Crippen MR) is 61.2 cm³/mol. The van der Waals surface area contributed by atoms with Crippen LogP contribution in [0.1, 0.15) is 16.8 Å². The first-order valence-electron chi connectivity index (χ1n) is 5.27. The molecule has 1 aromatic heterocycles. The highest BCUT2D eigenvalue weighted by atomic mass is 16.5. The molecule has 0 unspecified atom stereocenters. The summed E-state index contributed by atoms with van der Waals surface area (Å²) in [4.78, 5) is 0. The Morgan fingerprint density at radius 3 is 3.06 bits per heavy atom. The van der Waals surface area contributed by atoms with Gasteiger partial charge in [0.2, 0.25) is 0 Å². The lowest BCUT2D eigenvalue weighted by Gasteiger charge is -2.05. The quantitative estimate of drug-likeness (QED) is 0.789. The molecule has 2 aromatic rings. The lowest BCUT2D eigenvalue weighted by atomic mass is 10.2. The van der Waals surface area contributed by atoms with Crippen LogP contribution >= 0.6 is 0 Å². The van der Waals surface area contributed by atoms with Crippen molar-refractivity contribution >= 4 is 5.82 Å². The van der Waals surface area contributed by atoms with Gasteiger partial charge in [-0.2, -0.15) is 0 Å². The molecule has 2 N–H and O–H groups in total. The Labute approximate surface area is 93.6 Å². The van der Waals surface area contributed by atoms with Crippen molar-refractivity contribution in [1.82, 2.24) is 9.78 Å². The van der Waals surface area contributed by atoms with E-state index in [-0.39, 0.29) is 0 Å². The van der Waals surface area contributed by atoms with Crippen LogP contribution in [0.2, 0.25) is 0 Å². The van der Waals surface area contributed by atoms with E-state index in [1.807, 2.05) is 16.8 Å². The van der Waals surface area contributed by atoms with Crippen LogP contribution in [0.15, 0.2) is 24.3 Å². The molecule has 3 rings (SSSR count). The minimum absolute atomic E-state index is 0.576. The number of hydrogen-bond donors (Lipinski definition) is 1. The number of rotatable bonds is 1. The van der Waals surface area contributed by atoms with Crippen LogP contribution in [0.5, 0.6) is 0 Å². The monoisotopic (exact) mass is 215 g/mol. The highest BCUT2D eigenvalue weighted by Crippen LogP contribution is 2.27. The first-order valence-corrected chi connectivity index (χ1v) is 5.27. The zero-order valence-corrected chi connectivity index (χ0v) is 9.10. The van der Waals surface area contributed by atoms with E-state index in [9.17, 15) is 0 Å². The maximum Gasteiger partial charge on any atom is 0.151 e. The fourth-order valence-electron chi connectivity index (χ4n) is 2.03. The molecule has 16 heavy (non-hydrogen) atoms. The second-order valence-corrected chi connectivity index (χ2v) is 4.05. The molecular weight excluding hydrogens is 202 g/mol. The van der Waals surface area contributed by atoms with Gasteiger partial charge in [-0.1, -0.05) is 12.1 Å². The summed E-state index contributed by atoms with van der Waals surface area (Å²) in [6.07, 6.45) is 0. The molecule has 0 spiro atoms. The van der Waals surface area contributed by atoms with E-state index < -0.39 is 0 Å². The number of nitrogen functional groups attached to an aromatic ring is 1. The largest absolute Gasteiger partial charge is 0.382 e. The maximum absolute atomic E-state index is 5.86. The molecule has 0 fully saturated rings. The summed E-state index contributed by atoms with van der Waals surface area (Å²) in [6.45, 7) is 3.23. The molecule has 0 saturated heterocycles. The van der Waals surface area contributed by atoms with Crippen LogP contribution in [-0.4, -0.2) is 9.78 Å². The number of fused-ring (bicyclic) bond motifs is 1. The molecule has 0 amide bonds. The Bertz CT molecular complexity index is 545. The Morgan fingerprint density at radius 1 is 1.38 bits per heavy atom. The number of aryl methyl sites for hydroxylation is 1. The lowest BCUT2D eigenvalue weighted by Crippen LogP contribution is -2.02. The van der Waals surface area contributed by atoms with Gasteiger partial charge in [0.05, 0.1) is 24.6 Å². The summed E-state index contributed by atoms with van der Waals surface area (Å²) in [5.41, 5.74) is 10.2. The van der Waals surface area contributed by atoms with Crippen LogP contribution in [-0.2, 0) is 18.0 Å². The average Bonchev–Trinajstić information content (AvgIpc) is 2.83. The summed E-state index contributed by atoms with van der Waals surface area (Å²) >= 11 is 0. The van der Waals surface area contributed by atoms with Crippen molar-refractivity contribution in [3.8, 4) is 5.69 Å². The van der Waals surface area contributed by atoms with E-state index in [1.165, 1.54) is 5.56 Å². The molecule has 0 atom stereocenters. The summed E-state index contributed by atoms with van der Waals surface area (Å²) in [7, 11) is 0. The Kier molecular flexibility index (Phi) is 1.97. The molecule has 0 bridgehead atoms. The summed E-state index contributed by atoms with van der Waals surface area (Å²) in [5.74, 6) is 0.578. The summed E-state index contributed by atoms with van der Waals surface area (Å²) in [6, 6.07) is 8.20. The Balaban J connectivity index is 2.17. The minimum Gasteiger partial charge on any atom is -0.382 e. The van der Waals surface area contributed by atoms with E-state index in [0.717, 1.165) is 16.9 Å². The van der Waals surface area contributed by atoms with E-state index in [0.29, 0.717) is 19.0 Å². The molecule has 4 heteroatoms. The standard InChI is InChI=1S/C12H13N3O/c1-8-3-2-4-9(5-8)15-11-7-16-6-10(11)12(13)14-15/h2-5H,6-7H2,1H3,(H2,13,14). The maximum atomic E-state index is 5.86. The van der Waals surface area contributed by atoms with Gasteiger partial charge in [0, 0.05) is 5.56 Å². The highest BCUT2D eigenvalue weighted by Gasteiger charge is 2.22. The van der Waals surface area contributed by atoms with Crippen molar-refractivity contribution in [2.45, 2.75) is 20.1 Å². The zero-order valence-electron chi connectivity index (χ0n) is 9.10. The van der Waals surface area contributed by atoms with Gasteiger partial charge >= 0.3 is 0 Å². The van der Waals surface area contributed by atoms with Crippen LogP contribution < -0.4 is 5.73 Å². The van der Waals surface area contributed by atoms with Crippen LogP contribution in [0, 0.1) is 6.92 Å². The second kappa shape index (κ2) is 3.35. The summed E-state index contributed by atoms with van der Waals surface area (Å²) in [5, 5.41) is 4.36. The van der Waals surface area contributed by atoms with E-state index in [2.05, 4.69) is 24.2 Å².